The highest BCUT2D eigenvalue weighted by Crippen LogP contribution is 2.15. The van der Waals surface area contributed by atoms with Gasteiger partial charge in [0, 0.05) is 45.4 Å². The zero-order chi connectivity index (χ0) is 19.8. The van der Waals surface area contributed by atoms with Crippen molar-refractivity contribution in [2.45, 2.75) is 26.3 Å². The van der Waals surface area contributed by atoms with Crippen LogP contribution in [0.25, 0.3) is 0 Å². The molecule has 0 saturated carbocycles. The van der Waals surface area contributed by atoms with Gasteiger partial charge in [0.1, 0.15) is 5.75 Å². The van der Waals surface area contributed by atoms with E-state index < -0.39 is 0 Å². The molecule has 0 N–H and O–H groups in total. The fourth-order valence-electron chi connectivity index (χ4n) is 2.65. The van der Waals surface area contributed by atoms with E-state index in [2.05, 4.69) is 12.1 Å². The molecular formula is C22H28N2O3. The second-order valence-corrected chi connectivity index (χ2v) is 6.84. The number of hydrogen-bond donors (Lipinski definition) is 0. The van der Waals surface area contributed by atoms with Gasteiger partial charge in [-0.3, -0.25) is 9.59 Å². The summed E-state index contributed by atoms with van der Waals surface area (Å²) in [6.45, 7) is 2.60. The third-order valence-electron chi connectivity index (χ3n) is 4.36. The lowest BCUT2D eigenvalue weighted by Crippen LogP contribution is -2.26. The Bertz CT molecular complexity index is 752. The highest BCUT2D eigenvalue weighted by molar-refractivity contribution is 5.94. The van der Waals surface area contributed by atoms with E-state index in [1.165, 1.54) is 6.92 Å². The van der Waals surface area contributed by atoms with E-state index in [4.69, 9.17) is 4.74 Å². The number of carbonyl (C=O) groups is 2. The van der Waals surface area contributed by atoms with Crippen molar-refractivity contribution >= 4 is 17.4 Å². The van der Waals surface area contributed by atoms with E-state index in [1.807, 2.05) is 38.2 Å². The summed E-state index contributed by atoms with van der Waals surface area (Å²) in [5.41, 5.74) is 2.91. The molecule has 0 aliphatic heterocycles. The van der Waals surface area contributed by atoms with Gasteiger partial charge in [0.05, 0.1) is 6.61 Å². The van der Waals surface area contributed by atoms with Crippen LogP contribution in [0, 0.1) is 0 Å². The van der Waals surface area contributed by atoms with Gasteiger partial charge in [0.2, 0.25) is 5.91 Å². The lowest BCUT2D eigenvalue weighted by atomic mass is 10.1. The Balaban J connectivity index is 1.72. The summed E-state index contributed by atoms with van der Waals surface area (Å²) >= 11 is 0. The van der Waals surface area contributed by atoms with Crippen LogP contribution in [0.4, 0.5) is 5.69 Å². The standard InChI is InChI=1S/C22H28N2O3/c1-17(25)19-9-13-21(14-10-19)27-15-5-6-22(26)24(4)16-18-7-11-20(12-8-18)23(2)3/h7-14H,5-6,15-16H2,1-4H3. The first-order valence-electron chi connectivity index (χ1n) is 9.11. The van der Waals surface area contributed by atoms with Crippen LogP contribution in [-0.2, 0) is 11.3 Å². The Morgan fingerprint density at radius 1 is 0.926 bits per heavy atom. The Morgan fingerprint density at radius 2 is 1.56 bits per heavy atom. The topological polar surface area (TPSA) is 49.9 Å². The lowest BCUT2D eigenvalue weighted by molar-refractivity contribution is -0.130. The van der Waals surface area contributed by atoms with E-state index in [1.54, 1.807) is 29.2 Å². The summed E-state index contributed by atoms with van der Waals surface area (Å²) in [5.74, 6) is 0.843. The zero-order valence-electron chi connectivity index (χ0n) is 16.6. The van der Waals surface area contributed by atoms with Crippen molar-refractivity contribution < 1.29 is 14.3 Å². The van der Waals surface area contributed by atoms with Crippen molar-refractivity contribution in [1.29, 1.82) is 0 Å². The first-order chi connectivity index (χ1) is 12.9. The van der Waals surface area contributed by atoms with Gasteiger partial charge < -0.3 is 14.5 Å². The quantitative estimate of drug-likeness (QED) is 0.499. The predicted molar refractivity (Wildman–Crippen MR) is 108 cm³/mol. The molecule has 0 heterocycles. The fraction of sp³-hybridized carbons (Fsp3) is 0.364. The molecule has 144 valence electrons. The van der Waals surface area contributed by atoms with Crippen molar-refractivity contribution in [3.63, 3.8) is 0 Å². The largest absolute Gasteiger partial charge is 0.494 e. The number of nitrogens with zero attached hydrogens (tertiary/aromatic N) is 2. The van der Waals surface area contributed by atoms with Gasteiger partial charge in [-0.2, -0.15) is 0 Å². The number of ether oxygens (including phenoxy) is 1. The predicted octanol–water partition coefficient (Wildman–Crippen LogP) is 3.77. The average Bonchev–Trinajstić information content (AvgIpc) is 2.65. The molecular weight excluding hydrogens is 340 g/mol. The molecule has 0 radical (unpaired) electrons. The van der Waals surface area contributed by atoms with Gasteiger partial charge in [0.25, 0.3) is 0 Å². The first kappa shape index (κ1) is 20.5. The maximum atomic E-state index is 12.3. The number of carbonyl (C=O) groups excluding carboxylic acids is 2. The number of ketones is 1. The Kier molecular flexibility index (Phi) is 7.41. The van der Waals surface area contributed by atoms with Crippen LogP contribution in [0.1, 0.15) is 35.7 Å². The van der Waals surface area contributed by atoms with Crippen molar-refractivity contribution in [2.75, 3.05) is 32.6 Å². The molecule has 5 nitrogen and oxygen atoms in total. The molecule has 0 aliphatic carbocycles. The molecule has 2 rings (SSSR count). The molecule has 1 amide bonds. The number of anilines is 1. The summed E-state index contributed by atoms with van der Waals surface area (Å²) in [5, 5.41) is 0. The molecule has 0 unspecified atom stereocenters. The fourth-order valence-corrected chi connectivity index (χ4v) is 2.65. The van der Waals surface area contributed by atoms with Crippen molar-refractivity contribution in [3.8, 4) is 5.75 Å². The van der Waals surface area contributed by atoms with Gasteiger partial charge >= 0.3 is 0 Å². The third-order valence-corrected chi connectivity index (χ3v) is 4.36. The molecule has 0 atom stereocenters. The summed E-state index contributed by atoms with van der Waals surface area (Å²) < 4.78 is 5.64. The monoisotopic (exact) mass is 368 g/mol. The van der Waals surface area contributed by atoms with Crippen molar-refractivity contribution in [1.82, 2.24) is 4.90 Å². The van der Waals surface area contributed by atoms with Gasteiger partial charge in [-0.25, -0.2) is 0 Å². The minimum Gasteiger partial charge on any atom is -0.494 e. The molecule has 5 heteroatoms. The second kappa shape index (κ2) is 9.76. The van der Waals surface area contributed by atoms with Crippen LogP contribution >= 0.6 is 0 Å². The molecule has 0 aliphatic rings. The molecule has 0 aromatic heterocycles. The minimum absolute atomic E-state index is 0.0338. The van der Waals surface area contributed by atoms with E-state index in [9.17, 15) is 9.59 Å². The van der Waals surface area contributed by atoms with E-state index in [0.29, 0.717) is 37.3 Å². The van der Waals surface area contributed by atoms with Crippen molar-refractivity contribution in [3.05, 3.63) is 59.7 Å². The molecule has 27 heavy (non-hydrogen) atoms. The van der Waals surface area contributed by atoms with E-state index >= 15 is 0 Å². The molecule has 2 aromatic rings. The Labute approximate surface area is 161 Å². The molecule has 0 fully saturated rings. The lowest BCUT2D eigenvalue weighted by Gasteiger charge is -2.18. The molecule has 0 spiro atoms. The van der Waals surface area contributed by atoms with E-state index in [0.717, 1.165) is 11.3 Å². The average molecular weight is 368 g/mol. The number of benzene rings is 2. The smallest absolute Gasteiger partial charge is 0.222 e. The summed E-state index contributed by atoms with van der Waals surface area (Å²) in [7, 11) is 5.83. The summed E-state index contributed by atoms with van der Waals surface area (Å²) in [6, 6.07) is 15.3. The van der Waals surface area contributed by atoms with Crippen LogP contribution in [0.15, 0.2) is 48.5 Å². The van der Waals surface area contributed by atoms with Crippen LogP contribution < -0.4 is 9.64 Å². The van der Waals surface area contributed by atoms with Crippen LogP contribution in [0.5, 0.6) is 5.75 Å². The summed E-state index contributed by atoms with van der Waals surface area (Å²) in [4.78, 5) is 27.3. The Morgan fingerprint density at radius 3 is 2.11 bits per heavy atom. The Hall–Kier alpha value is -2.82. The van der Waals surface area contributed by atoms with Gasteiger partial charge in [-0.1, -0.05) is 12.1 Å². The molecule has 0 bridgehead atoms. The van der Waals surface area contributed by atoms with Crippen molar-refractivity contribution in [2.24, 2.45) is 0 Å². The maximum Gasteiger partial charge on any atom is 0.222 e. The normalized spacial score (nSPS) is 10.4. The second-order valence-electron chi connectivity index (χ2n) is 6.84. The highest BCUT2D eigenvalue weighted by atomic mass is 16.5. The highest BCUT2D eigenvalue weighted by Gasteiger charge is 2.09. The van der Waals surface area contributed by atoms with Gasteiger partial charge in [-0.05, 0) is 55.3 Å². The maximum absolute atomic E-state index is 12.3. The zero-order valence-corrected chi connectivity index (χ0v) is 16.6. The number of rotatable bonds is 9. The van der Waals surface area contributed by atoms with Crippen LogP contribution in [0.2, 0.25) is 0 Å². The minimum atomic E-state index is 0.0338. The first-order valence-corrected chi connectivity index (χ1v) is 9.11. The molecule has 2 aromatic carbocycles. The third kappa shape index (κ3) is 6.44. The van der Waals surface area contributed by atoms with Gasteiger partial charge in [-0.15, -0.1) is 0 Å². The number of Topliss-reactive ketones (excluding diaryl/α,β-unsaturated/α-hetero) is 1. The SMILES string of the molecule is CC(=O)c1ccc(OCCCC(=O)N(C)Cc2ccc(N(C)C)cc2)cc1. The van der Waals surface area contributed by atoms with Crippen LogP contribution in [0.3, 0.4) is 0 Å². The van der Waals surface area contributed by atoms with Gasteiger partial charge in [0.15, 0.2) is 5.78 Å². The van der Waals surface area contributed by atoms with E-state index in [-0.39, 0.29) is 11.7 Å². The number of amides is 1. The van der Waals surface area contributed by atoms with Crippen LogP contribution in [-0.4, -0.2) is 44.3 Å². The summed E-state index contributed by atoms with van der Waals surface area (Å²) in [6.07, 6.45) is 1.09. The number of hydrogen-bond acceptors (Lipinski definition) is 4. The molecule has 0 saturated heterocycles.